The lowest BCUT2D eigenvalue weighted by Crippen LogP contribution is -2.47. The first-order chi connectivity index (χ1) is 19.0. The van der Waals surface area contributed by atoms with Gasteiger partial charge in [0.2, 0.25) is 0 Å². The number of amides is 2. The second kappa shape index (κ2) is 18.1. The molecule has 0 atom stereocenters. The van der Waals surface area contributed by atoms with Gasteiger partial charge in [-0.25, -0.2) is 18.0 Å². The van der Waals surface area contributed by atoms with Crippen LogP contribution in [0.3, 0.4) is 0 Å². The number of hydrogen-bond acceptors (Lipinski definition) is 9. The van der Waals surface area contributed by atoms with E-state index in [9.17, 15) is 27.6 Å². The molecule has 15 heteroatoms. The number of nitrogens with one attached hydrogen (secondary N) is 1. The zero-order valence-electron chi connectivity index (χ0n) is 24.2. The van der Waals surface area contributed by atoms with E-state index in [0.29, 0.717) is 18.9 Å². The van der Waals surface area contributed by atoms with Crippen LogP contribution in [0.25, 0.3) is 0 Å². The Bertz CT molecular complexity index is 1070. The number of aliphatic hydroxyl groups is 1. The van der Waals surface area contributed by atoms with Crippen molar-refractivity contribution in [2.45, 2.75) is 64.0 Å². The number of rotatable bonds is 17. The van der Waals surface area contributed by atoms with Gasteiger partial charge in [0.05, 0.1) is 30.1 Å². The molecule has 2 amide bonds. The van der Waals surface area contributed by atoms with E-state index in [2.05, 4.69) is 24.1 Å². The Balaban J connectivity index is 0.00000103. The lowest BCUT2D eigenvalue weighted by molar-refractivity contribution is -0.170. The maximum absolute atomic E-state index is 12.6. The normalized spacial score (nSPS) is 11.4. The fourth-order valence-corrected chi connectivity index (χ4v) is 4.74. The zero-order valence-corrected chi connectivity index (χ0v) is 25.0. The molecule has 0 aromatic heterocycles. The van der Waals surface area contributed by atoms with Gasteiger partial charge in [-0.2, -0.15) is 0 Å². The van der Waals surface area contributed by atoms with Crippen molar-refractivity contribution >= 4 is 33.8 Å². The number of carbonyl (C=O) groups is 4. The lowest BCUT2D eigenvalue weighted by atomic mass is 9.96. The average Bonchev–Trinajstić information content (AvgIpc) is 2.86. The summed E-state index contributed by atoms with van der Waals surface area (Å²) in [5.41, 5.74) is -2.74. The van der Waals surface area contributed by atoms with E-state index < -0.39 is 46.2 Å². The minimum absolute atomic E-state index is 0.0935. The summed E-state index contributed by atoms with van der Waals surface area (Å²) >= 11 is 0. The number of likely N-dealkylation sites (N-methyl/N-ethyl adjacent to an activating group) is 1. The minimum Gasteiger partial charge on any atom is -0.494 e. The lowest BCUT2D eigenvalue weighted by Gasteiger charge is -2.27. The second-order valence-corrected chi connectivity index (χ2v) is 11.4. The van der Waals surface area contributed by atoms with Crippen molar-refractivity contribution in [3.63, 3.8) is 0 Å². The standard InChI is InChI=1S/C20H35N3O4S.C6H8O7/c1-6-22(7-2)14-13-21-20(24)23(17(4)5)15-16-28(25,26)19-11-9-18(10-12-19)27-8-3;7-3(8)1-6(13,5(11)12)2-4(9)10/h9-12,17H,6-8,13-16H2,1-5H3,(H,21,24);13H,1-2H2,(H,7,8)(H,9,10)(H,11,12). The second-order valence-electron chi connectivity index (χ2n) is 9.25. The molecule has 0 saturated carbocycles. The van der Waals surface area contributed by atoms with Crippen LogP contribution in [0.4, 0.5) is 4.79 Å². The molecule has 0 bridgehead atoms. The van der Waals surface area contributed by atoms with E-state index in [4.69, 9.17) is 25.2 Å². The van der Waals surface area contributed by atoms with Crippen molar-refractivity contribution in [2.24, 2.45) is 0 Å². The quantitative estimate of drug-likeness (QED) is 0.170. The predicted octanol–water partition coefficient (Wildman–Crippen LogP) is 1.37. The molecular formula is C26H43N3O11S. The van der Waals surface area contributed by atoms with E-state index >= 15 is 0 Å². The van der Waals surface area contributed by atoms with Gasteiger partial charge in [-0.05, 0) is 58.1 Å². The maximum Gasteiger partial charge on any atom is 0.336 e. The average molecular weight is 606 g/mol. The molecule has 0 saturated heterocycles. The molecule has 0 unspecified atom stereocenters. The van der Waals surface area contributed by atoms with Gasteiger partial charge in [0.25, 0.3) is 0 Å². The van der Waals surface area contributed by atoms with Gasteiger partial charge in [0, 0.05) is 25.7 Å². The SMILES string of the molecule is CCOc1ccc(S(=O)(=O)CCN(C(=O)NCCN(CC)CC)C(C)C)cc1.O=C(O)CC(O)(CC(=O)O)C(=O)O. The van der Waals surface area contributed by atoms with Crippen LogP contribution in [0.15, 0.2) is 29.2 Å². The summed E-state index contributed by atoms with van der Waals surface area (Å²) in [5.74, 6) is -4.50. The Morgan fingerprint density at radius 1 is 0.927 bits per heavy atom. The molecule has 0 heterocycles. The van der Waals surface area contributed by atoms with E-state index in [-0.39, 0.29) is 29.3 Å². The highest BCUT2D eigenvalue weighted by molar-refractivity contribution is 7.91. The van der Waals surface area contributed by atoms with Gasteiger partial charge in [-0.15, -0.1) is 0 Å². The Kier molecular flexibility index (Phi) is 16.6. The highest BCUT2D eigenvalue weighted by Gasteiger charge is 2.40. The first-order valence-electron chi connectivity index (χ1n) is 13.1. The van der Waals surface area contributed by atoms with Crippen molar-refractivity contribution in [2.75, 3.05) is 45.1 Å². The van der Waals surface area contributed by atoms with Crippen molar-refractivity contribution < 1.29 is 52.8 Å². The van der Waals surface area contributed by atoms with E-state index in [1.54, 1.807) is 29.2 Å². The number of hydrogen-bond donors (Lipinski definition) is 5. The van der Waals surface area contributed by atoms with E-state index in [0.717, 1.165) is 19.6 Å². The van der Waals surface area contributed by atoms with Gasteiger partial charge in [-0.3, -0.25) is 9.59 Å². The summed E-state index contributed by atoms with van der Waals surface area (Å²) < 4.78 is 30.6. The molecule has 0 radical (unpaired) electrons. The molecule has 41 heavy (non-hydrogen) atoms. The summed E-state index contributed by atoms with van der Waals surface area (Å²) in [5, 5.41) is 36.7. The number of urea groups is 1. The number of carboxylic acids is 3. The van der Waals surface area contributed by atoms with E-state index in [1.807, 2.05) is 20.8 Å². The fourth-order valence-electron chi connectivity index (χ4n) is 3.52. The third kappa shape index (κ3) is 14.2. The monoisotopic (exact) mass is 605 g/mol. The van der Waals surface area contributed by atoms with Crippen LogP contribution in [0.2, 0.25) is 0 Å². The van der Waals surface area contributed by atoms with Crippen LogP contribution in [0, 0.1) is 0 Å². The highest BCUT2D eigenvalue weighted by atomic mass is 32.2. The highest BCUT2D eigenvalue weighted by Crippen LogP contribution is 2.18. The van der Waals surface area contributed by atoms with Crippen LogP contribution in [0.1, 0.15) is 47.5 Å². The smallest absolute Gasteiger partial charge is 0.336 e. The Morgan fingerprint density at radius 3 is 1.83 bits per heavy atom. The molecule has 5 N–H and O–H groups in total. The summed E-state index contributed by atoms with van der Waals surface area (Å²) in [6.45, 7) is 13.6. The van der Waals surface area contributed by atoms with Crippen molar-refractivity contribution in [1.29, 1.82) is 0 Å². The molecule has 1 rings (SSSR count). The number of carboxylic acid groups (broad SMARTS) is 3. The summed E-state index contributed by atoms with van der Waals surface area (Å²) in [4.78, 5) is 47.0. The minimum atomic E-state index is -3.48. The number of nitrogens with zero attached hydrogens (tertiary/aromatic N) is 2. The molecule has 0 aliphatic heterocycles. The predicted molar refractivity (Wildman–Crippen MR) is 150 cm³/mol. The number of sulfone groups is 1. The van der Waals surface area contributed by atoms with Crippen LogP contribution in [0.5, 0.6) is 5.75 Å². The van der Waals surface area contributed by atoms with Gasteiger partial charge in [0.1, 0.15) is 5.75 Å². The van der Waals surface area contributed by atoms with Gasteiger partial charge in [-0.1, -0.05) is 13.8 Å². The van der Waals surface area contributed by atoms with Gasteiger partial charge < -0.3 is 40.3 Å². The first-order valence-corrected chi connectivity index (χ1v) is 14.8. The van der Waals surface area contributed by atoms with Crippen LogP contribution in [-0.4, -0.2) is 119 Å². The fraction of sp³-hybridized carbons (Fsp3) is 0.615. The third-order valence-electron chi connectivity index (χ3n) is 5.86. The molecule has 0 aliphatic carbocycles. The van der Waals surface area contributed by atoms with Crippen LogP contribution >= 0.6 is 0 Å². The molecule has 1 aromatic rings. The van der Waals surface area contributed by atoms with E-state index in [1.165, 1.54) is 0 Å². The number of benzene rings is 1. The molecule has 14 nitrogen and oxygen atoms in total. The van der Waals surface area contributed by atoms with Crippen molar-refractivity contribution in [3.8, 4) is 5.75 Å². The summed E-state index contributed by atoms with van der Waals surface area (Å²) in [6, 6.07) is 6.06. The number of carbonyl (C=O) groups excluding carboxylic acids is 1. The molecule has 1 aromatic carbocycles. The molecular weight excluding hydrogens is 562 g/mol. The number of ether oxygens (including phenoxy) is 1. The molecule has 0 fully saturated rings. The largest absolute Gasteiger partial charge is 0.494 e. The van der Waals surface area contributed by atoms with Crippen LogP contribution in [-0.2, 0) is 24.2 Å². The number of aliphatic carboxylic acids is 3. The topological polar surface area (TPSA) is 211 Å². The molecule has 0 aliphatic rings. The van der Waals surface area contributed by atoms with Crippen LogP contribution < -0.4 is 10.1 Å². The van der Waals surface area contributed by atoms with Gasteiger partial charge >= 0.3 is 23.9 Å². The molecule has 234 valence electrons. The van der Waals surface area contributed by atoms with Crippen molar-refractivity contribution in [3.05, 3.63) is 24.3 Å². The Morgan fingerprint density at radius 2 is 1.44 bits per heavy atom. The Hall–Kier alpha value is -3.43. The van der Waals surface area contributed by atoms with Crippen molar-refractivity contribution in [1.82, 2.24) is 15.1 Å². The maximum atomic E-state index is 12.6. The first kappa shape index (κ1) is 37.6. The molecule has 0 spiro atoms. The summed E-state index contributed by atoms with van der Waals surface area (Å²) in [7, 11) is -3.48. The van der Waals surface area contributed by atoms with Gasteiger partial charge in [0.15, 0.2) is 15.4 Å². The summed E-state index contributed by atoms with van der Waals surface area (Å²) in [6.07, 6.45) is -2.29. The third-order valence-corrected chi connectivity index (χ3v) is 7.57. The zero-order chi connectivity index (χ0) is 31.8. The Labute approximate surface area is 240 Å².